The van der Waals surface area contributed by atoms with Crippen LogP contribution < -0.4 is 5.32 Å². The van der Waals surface area contributed by atoms with Crippen LogP contribution in [0.2, 0.25) is 0 Å². The van der Waals surface area contributed by atoms with E-state index in [2.05, 4.69) is 5.32 Å². The Kier molecular flexibility index (Phi) is 3.65. The highest BCUT2D eigenvalue weighted by Gasteiger charge is 2.47. The number of carbonyl (C=O) groups excluding carboxylic acids is 2. The van der Waals surface area contributed by atoms with Crippen molar-refractivity contribution in [1.29, 1.82) is 0 Å². The molecule has 1 amide bonds. The zero-order chi connectivity index (χ0) is 14.3. The number of thiophene rings is 1. The first kappa shape index (κ1) is 13.8. The highest BCUT2D eigenvalue weighted by atomic mass is 32.1. The summed E-state index contributed by atoms with van der Waals surface area (Å²) in [6.07, 6.45) is 3.45. The highest BCUT2D eigenvalue weighted by Crippen LogP contribution is 2.48. The molecule has 1 aromatic rings. The SMILES string of the molecule is CC(=O)c1csc(C(=O)NC2C3CCC(C3)C2CO)c1. The van der Waals surface area contributed by atoms with E-state index in [1.54, 1.807) is 11.4 Å². The van der Waals surface area contributed by atoms with Crippen LogP contribution in [-0.2, 0) is 0 Å². The number of carbonyl (C=O) groups is 2. The molecule has 0 spiro atoms. The van der Waals surface area contributed by atoms with Crippen molar-refractivity contribution < 1.29 is 14.7 Å². The van der Waals surface area contributed by atoms with E-state index in [4.69, 9.17) is 0 Å². The third-order valence-corrected chi connectivity index (χ3v) is 5.76. The highest BCUT2D eigenvalue weighted by molar-refractivity contribution is 7.12. The lowest BCUT2D eigenvalue weighted by Gasteiger charge is -2.30. The Morgan fingerprint density at radius 1 is 1.40 bits per heavy atom. The Bertz CT molecular complexity index is 539. The van der Waals surface area contributed by atoms with E-state index in [0.717, 1.165) is 12.8 Å². The maximum atomic E-state index is 12.3. The number of hydrogen-bond acceptors (Lipinski definition) is 4. The van der Waals surface area contributed by atoms with Crippen molar-refractivity contribution in [2.24, 2.45) is 17.8 Å². The minimum atomic E-state index is -0.113. The van der Waals surface area contributed by atoms with Crippen LogP contribution in [0.5, 0.6) is 0 Å². The molecule has 1 aromatic heterocycles. The number of fused-ring (bicyclic) bond motifs is 2. The van der Waals surface area contributed by atoms with Crippen molar-refractivity contribution in [3.63, 3.8) is 0 Å². The topological polar surface area (TPSA) is 66.4 Å². The number of aliphatic hydroxyl groups excluding tert-OH is 1. The first-order chi connectivity index (χ1) is 9.60. The lowest BCUT2D eigenvalue weighted by molar-refractivity contribution is 0.0865. The summed E-state index contributed by atoms with van der Waals surface area (Å²) in [5, 5.41) is 14.3. The Hall–Kier alpha value is -1.20. The molecule has 2 saturated carbocycles. The smallest absolute Gasteiger partial charge is 0.261 e. The third kappa shape index (κ3) is 2.29. The van der Waals surface area contributed by atoms with E-state index in [1.165, 1.54) is 24.7 Å². The number of rotatable bonds is 4. The van der Waals surface area contributed by atoms with Crippen LogP contribution in [0.25, 0.3) is 0 Å². The Balaban J connectivity index is 1.70. The Morgan fingerprint density at radius 3 is 2.80 bits per heavy atom. The van der Waals surface area contributed by atoms with E-state index in [-0.39, 0.29) is 30.3 Å². The number of amides is 1. The van der Waals surface area contributed by atoms with E-state index in [0.29, 0.717) is 22.3 Å². The van der Waals surface area contributed by atoms with Gasteiger partial charge in [-0.15, -0.1) is 11.3 Å². The van der Waals surface area contributed by atoms with Gasteiger partial charge in [0.1, 0.15) is 0 Å². The van der Waals surface area contributed by atoms with Crippen LogP contribution in [0.3, 0.4) is 0 Å². The van der Waals surface area contributed by atoms with E-state index >= 15 is 0 Å². The summed E-state index contributed by atoms with van der Waals surface area (Å²) in [4.78, 5) is 24.1. The van der Waals surface area contributed by atoms with Gasteiger partial charge in [-0.1, -0.05) is 0 Å². The number of nitrogens with one attached hydrogen (secondary N) is 1. The number of Topliss-reactive ketones (excluding diaryl/α,β-unsaturated/α-hetero) is 1. The second-order valence-corrected chi connectivity index (χ2v) is 6.85. The van der Waals surface area contributed by atoms with Crippen molar-refractivity contribution in [2.45, 2.75) is 32.2 Å². The molecule has 0 aromatic carbocycles. The Labute approximate surface area is 122 Å². The summed E-state index contributed by atoms with van der Waals surface area (Å²) in [5.41, 5.74) is 0.590. The molecule has 20 heavy (non-hydrogen) atoms. The van der Waals surface area contributed by atoms with Crippen molar-refractivity contribution in [2.75, 3.05) is 6.61 Å². The van der Waals surface area contributed by atoms with Gasteiger partial charge in [-0.2, -0.15) is 0 Å². The average Bonchev–Trinajstić information content (AvgIpc) is 3.13. The molecule has 2 N–H and O–H groups in total. The molecule has 1 heterocycles. The molecule has 0 aliphatic heterocycles. The van der Waals surface area contributed by atoms with Gasteiger partial charge in [0, 0.05) is 29.5 Å². The molecular formula is C15H19NO3S. The van der Waals surface area contributed by atoms with Gasteiger partial charge < -0.3 is 10.4 Å². The zero-order valence-corrected chi connectivity index (χ0v) is 12.3. The molecule has 0 saturated heterocycles. The van der Waals surface area contributed by atoms with Gasteiger partial charge in [-0.3, -0.25) is 9.59 Å². The van der Waals surface area contributed by atoms with Crippen molar-refractivity contribution in [3.8, 4) is 0 Å². The third-order valence-electron chi connectivity index (χ3n) is 4.83. The van der Waals surface area contributed by atoms with Crippen LogP contribution in [-0.4, -0.2) is 29.4 Å². The largest absolute Gasteiger partial charge is 0.396 e. The van der Waals surface area contributed by atoms with Gasteiger partial charge in [-0.05, 0) is 44.1 Å². The molecular weight excluding hydrogens is 274 g/mol. The second kappa shape index (κ2) is 5.30. The first-order valence-electron chi connectivity index (χ1n) is 7.11. The minimum absolute atomic E-state index is 0.0199. The minimum Gasteiger partial charge on any atom is -0.396 e. The van der Waals surface area contributed by atoms with Crippen LogP contribution in [0.1, 0.15) is 46.2 Å². The lowest BCUT2D eigenvalue weighted by atomic mass is 9.85. The van der Waals surface area contributed by atoms with E-state index in [9.17, 15) is 14.7 Å². The standard InChI is InChI=1S/C15H19NO3S/c1-8(18)11-5-13(20-7-11)15(19)16-14-10-3-2-9(4-10)12(14)6-17/h5,7,9-10,12,14,17H,2-4,6H2,1H3,(H,16,19). The number of hydrogen-bond donors (Lipinski definition) is 2. The fourth-order valence-corrected chi connectivity index (χ4v) is 4.61. The van der Waals surface area contributed by atoms with E-state index in [1.807, 2.05) is 0 Å². The van der Waals surface area contributed by atoms with Crippen LogP contribution in [0.15, 0.2) is 11.4 Å². The molecule has 2 aliphatic rings. The number of aliphatic hydroxyl groups is 1. The van der Waals surface area contributed by atoms with Crippen molar-refractivity contribution >= 4 is 23.0 Å². The maximum absolute atomic E-state index is 12.3. The van der Waals surface area contributed by atoms with Crippen molar-refractivity contribution in [1.82, 2.24) is 5.32 Å². The summed E-state index contributed by atoms with van der Waals surface area (Å²) >= 11 is 1.30. The van der Waals surface area contributed by atoms with Crippen LogP contribution in [0.4, 0.5) is 0 Å². The van der Waals surface area contributed by atoms with Gasteiger partial charge >= 0.3 is 0 Å². The predicted octanol–water partition coefficient (Wildman–Crippen LogP) is 2.09. The zero-order valence-electron chi connectivity index (χ0n) is 11.5. The average molecular weight is 293 g/mol. The summed E-state index contributed by atoms with van der Waals surface area (Å²) < 4.78 is 0. The molecule has 3 rings (SSSR count). The first-order valence-corrected chi connectivity index (χ1v) is 7.99. The van der Waals surface area contributed by atoms with Gasteiger partial charge in [0.2, 0.25) is 0 Å². The summed E-state index contributed by atoms with van der Waals surface area (Å²) in [6, 6.07) is 1.75. The summed E-state index contributed by atoms with van der Waals surface area (Å²) in [6.45, 7) is 1.65. The lowest BCUT2D eigenvalue weighted by Crippen LogP contribution is -2.45. The fraction of sp³-hybridized carbons (Fsp3) is 0.600. The normalized spacial score (nSPS) is 31.5. The summed E-state index contributed by atoms with van der Waals surface area (Å²) in [7, 11) is 0. The van der Waals surface area contributed by atoms with E-state index < -0.39 is 0 Å². The molecule has 5 heteroatoms. The Morgan fingerprint density at radius 2 is 2.15 bits per heavy atom. The molecule has 4 nitrogen and oxygen atoms in total. The maximum Gasteiger partial charge on any atom is 0.261 e. The molecule has 2 bridgehead atoms. The van der Waals surface area contributed by atoms with Crippen molar-refractivity contribution in [3.05, 3.63) is 21.9 Å². The molecule has 0 radical (unpaired) electrons. The van der Waals surface area contributed by atoms with Gasteiger partial charge in [0.25, 0.3) is 5.91 Å². The monoisotopic (exact) mass is 293 g/mol. The van der Waals surface area contributed by atoms with Gasteiger partial charge in [0.15, 0.2) is 5.78 Å². The van der Waals surface area contributed by atoms with Crippen LogP contribution >= 0.6 is 11.3 Å². The van der Waals surface area contributed by atoms with Gasteiger partial charge in [-0.25, -0.2) is 0 Å². The number of ketones is 1. The molecule has 108 valence electrons. The van der Waals surface area contributed by atoms with Gasteiger partial charge in [0.05, 0.1) is 4.88 Å². The molecule has 2 aliphatic carbocycles. The molecule has 4 unspecified atom stereocenters. The fourth-order valence-electron chi connectivity index (χ4n) is 3.76. The van der Waals surface area contributed by atoms with Crippen LogP contribution in [0, 0.1) is 17.8 Å². The molecule has 2 fully saturated rings. The second-order valence-electron chi connectivity index (χ2n) is 5.93. The summed E-state index contributed by atoms with van der Waals surface area (Å²) in [5.74, 6) is 1.14. The predicted molar refractivity (Wildman–Crippen MR) is 77.0 cm³/mol. The quantitative estimate of drug-likeness (QED) is 0.835. The molecule has 4 atom stereocenters.